The number of halogens is 1. The molecule has 0 aliphatic carbocycles. The van der Waals surface area contributed by atoms with E-state index in [0.717, 1.165) is 13.0 Å². The van der Waals surface area contributed by atoms with Crippen LogP contribution < -0.4 is 10.2 Å². The molecule has 0 saturated heterocycles. The van der Waals surface area contributed by atoms with Crippen molar-refractivity contribution in [2.45, 2.75) is 19.4 Å². The van der Waals surface area contributed by atoms with Crippen molar-refractivity contribution in [3.8, 4) is 0 Å². The fourth-order valence-corrected chi connectivity index (χ4v) is 1.61. The molecule has 0 bridgehead atoms. The van der Waals surface area contributed by atoms with Crippen LogP contribution in [-0.2, 0) is 0 Å². The molecule has 1 unspecified atom stereocenters. The lowest BCUT2D eigenvalue weighted by molar-refractivity contribution is 0.537. The summed E-state index contributed by atoms with van der Waals surface area (Å²) in [4.78, 5) is 1.94. The van der Waals surface area contributed by atoms with Gasteiger partial charge in [-0.3, -0.25) is 0 Å². The zero-order valence-corrected chi connectivity index (χ0v) is 9.63. The Labute approximate surface area is 91.1 Å². The molecule has 84 valence electrons. The van der Waals surface area contributed by atoms with Crippen molar-refractivity contribution in [1.82, 2.24) is 5.32 Å². The van der Waals surface area contributed by atoms with Gasteiger partial charge in [-0.05, 0) is 25.6 Å². The molecular formula is C12H19FN2. The van der Waals surface area contributed by atoms with Crippen LogP contribution in [0.2, 0.25) is 0 Å². The van der Waals surface area contributed by atoms with Crippen LogP contribution in [0.4, 0.5) is 10.1 Å². The molecule has 0 fully saturated rings. The van der Waals surface area contributed by atoms with Crippen molar-refractivity contribution < 1.29 is 4.39 Å². The van der Waals surface area contributed by atoms with Gasteiger partial charge in [0.1, 0.15) is 5.82 Å². The molecule has 0 spiro atoms. The molecule has 0 aromatic heterocycles. The quantitative estimate of drug-likeness (QED) is 0.802. The first-order valence-electron chi connectivity index (χ1n) is 5.32. The fourth-order valence-electron chi connectivity index (χ4n) is 1.61. The van der Waals surface area contributed by atoms with Crippen molar-refractivity contribution in [1.29, 1.82) is 0 Å². The van der Waals surface area contributed by atoms with E-state index in [9.17, 15) is 4.39 Å². The van der Waals surface area contributed by atoms with Crippen LogP contribution in [0.5, 0.6) is 0 Å². The normalized spacial score (nSPS) is 12.5. The average molecular weight is 210 g/mol. The van der Waals surface area contributed by atoms with Gasteiger partial charge in [0, 0.05) is 19.6 Å². The topological polar surface area (TPSA) is 15.3 Å². The van der Waals surface area contributed by atoms with Crippen LogP contribution in [-0.4, -0.2) is 26.7 Å². The van der Waals surface area contributed by atoms with E-state index in [1.165, 1.54) is 6.07 Å². The van der Waals surface area contributed by atoms with E-state index in [-0.39, 0.29) is 5.82 Å². The van der Waals surface area contributed by atoms with Crippen LogP contribution >= 0.6 is 0 Å². The van der Waals surface area contributed by atoms with Gasteiger partial charge in [-0.25, -0.2) is 4.39 Å². The number of nitrogens with one attached hydrogen (secondary N) is 1. The third kappa shape index (κ3) is 3.20. The number of likely N-dealkylation sites (N-methyl/N-ethyl adjacent to an activating group) is 2. The van der Waals surface area contributed by atoms with E-state index in [0.29, 0.717) is 11.7 Å². The van der Waals surface area contributed by atoms with Gasteiger partial charge in [0.25, 0.3) is 0 Å². The lowest BCUT2D eigenvalue weighted by Gasteiger charge is -2.25. The van der Waals surface area contributed by atoms with Gasteiger partial charge in [-0.1, -0.05) is 19.1 Å². The average Bonchev–Trinajstić information content (AvgIpc) is 2.26. The third-order valence-electron chi connectivity index (χ3n) is 2.66. The molecular weight excluding hydrogens is 191 g/mol. The number of rotatable bonds is 5. The molecule has 1 aromatic rings. The highest BCUT2D eigenvalue weighted by Crippen LogP contribution is 2.17. The first kappa shape index (κ1) is 12.0. The van der Waals surface area contributed by atoms with E-state index in [4.69, 9.17) is 0 Å². The van der Waals surface area contributed by atoms with Crippen molar-refractivity contribution in [2.75, 3.05) is 25.5 Å². The minimum atomic E-state index is -0.161. The van der Waals surface area contributed by atoms with Crippen LogP contribution in [0.1, 0.15) is 13.3 Å². The Kier molecular flexibility index (Phi) is 4.56. The Morgan fingerprint density at radius 2 is 2.07 bits per heavy atom. The summed E-state index contributed by atoms with van der Waals surface area (Å²) in [6.07, 6.45) is 1.04. The molecule has 1 aromatic carbocycles. The van der Waals surface area contributed by atoms with Crippen LogP contribution in [0.3, 0.4) is 0 Å². The van der Waals surface area contributed by atoms with Gasteiger partial charge in [-0.2, -0.15) is 0 Å². The number of hydrogen-bond donors (Lipinski definition) is 1. The summed E-state index contributed by atoms with van der Waals surface area (Å²) in [7, 11) is 3.85. The molecule has 0 aliphatic rings. The maximum Gasteiger partial charge on any atom is 0.146 e. The van der Waals surface area contributed by atoms with Gasteiger partial charge >= 0.3 is 0 Å². The van der Waals surface area contributed by atoms with Crippen molar-refractivity contribution in [2.24, 2.45) is 0 Å². The largest absolute Gasteiger partial charge is 0.371 e. The SMILES string of the molecule is CCC(CN(C)c1ccccc1F)NC. The molecule has 0 aliphatic heterocycles. The second kappa shape index (κ2) is 5.71. The number of nitrogens with zero attached hydrogens (tertiary/aromatic N) is 1. The smallest absolute Gasteiger partial charge is 0.146 e. The Morgan fingerprint density at radius 3 is 2.60 bits per heavy atom. The molecule has 1 rings (SSSR count). The van der Waals surface area contributed by atoms with Gasteiger partial charge in [0.05, 0.1) is 5.69 Å². The molecule has 15 heavy (non-hydrogen) atoms. The Morgan fingerprint density at radius 1 is 1.40 bits per heavy atom. The summed E-state index contributed by atoms with van der Waals surface area (Å²) >= 11 is 0. The highest BCUT2D eigenvalue weighted by molar-refractivity contribution is 5.46. The molecule has 0 saturated carbocycles. The summed E-state index contributed by atoms with van der Waals surface area (Å²) in [5.41, 5.74) is 0.659. The zero-order chi connectivity index (χ0) is 11.3. The first-order valence-corrected chi connectivity index (χ1v) is 5.32. The third-order valence-corrected chi connectivity index (χ3v) is 2.66. The Bertz CT molecular complexity index is 297. The highest BCUT2D eigenvalue weighted by Gasteiger charge is 2.10. The standard InChI is InChI=1S/C12H19FN2/c1-4-10(14-2)9-15(3)12-8-6-5-7-11(12)13/h5-8,10,14H,4,9H2,1-3H3. The molecule has 2 nitrogen and oxygen atoms in total. The van der Waals surface area contributed by atoms with Crippen molar-refractivity contribution >= 4 is 5.69 Å². The molecule has 0 amide bonds. The lowest BCUT2D eigenvalue weighted by Crippen LogP contribution is -2.37. The number of anilines is 1. The maximum absolute atomic E-state index is 13.4. The lowest BCUT2D eigenvalue weighted by atomic mass is 10.2. The molecule has 3 heteroatoms. The summed E-state index contributed by atoms with van der Waals surface area (Å²) in [5, 5.41) is 3.21. The fraction of sp³-hybridized carbons (Fsp3) is 0.500. The summed E-state index contributed by atoms with van der Waals surface area (Å²) in [6, 6.07) is 7.26. The van der Waals surface area contributed by atoms with E-state index < -0.39 is 0 Å². The van der Waals surface area contributed by atoms with Gasteiger partial charge in [0.15, 0.2) is 0 Å². The number of benzene rings is 1. The zero-order valence-electron chi connectivity index (χ0n) is 9.63. The molecule has 0 radical (unpaired) electrons. The molecule has 1 N–H and O–H groups in total. The van der Waals surface area contributed by atoms with E-state index in [2.05, 4.69) is 12.2 Å². The molecule has 1 atom stereocenters. The van der Waals surface area contributed by atoms with Crippen molar-refractivity contribution in [3.05, 3.63) is 30.1 Å². The van der Waals surface area contributed by atoms with Gasteiger partial charge in [0.2, 0.25) is 0 Å². The summed E-state index contributed by atoms with van der Waals surface area (Å²) in [6.45, 7) is 2.93. The predicted molar refractivity (Wildman–Crippen MR) is 62.8 cm³/mol. The predicted octanol–water partition coefficient (Wildman–Crippen LogP) is 2.26. The van der Waals surface area contributed by atoms with E-state index >= 15 is 0 Å². The number of para-hydroxylation sites is 1. The Hall–Kier alpha value is -1.09. The van der Waals surface area contributed by atoms with Crippen LogP contribution in [0.15, 0.2) is 24.3 Å². The van der Waals surface area contributed by atoms with E-state index in [1.807, 2.05) is 25.1 Å². The second-order valence-corrected chi connectivity index (χ2v) is 3.73. The summed E-state index contributed by atoms with van der Waals surface area (Å²) in [5.74, 6) is -0.161. The summed E-state index contributed by atoms with van der Waals surface area (Å²) < 4.78 is 13.4. The first-order chi connectivity index (χ1) is 7.19. The van der Waals surface area contributed by atoms with Crippen LogP contribution in [0, 0.1) is 5.82 Å². The highest BCUT2D eigenvalue weighted by atomic mass is 19.1. The minimum absolute atomic E-state index is 0.161. The second-order valence-electron chi connectivity index (χ2n) is 3.73. The van der Waals surface area contributed by atoms with Gasteiger partial charge in [-0.15, -0.1) is 0 Å². The van der Waals surface area contributed by atoms with E-state index in [1.54, 1.807) is 12.1 Å². The molecule has 0 heterocycles. The van der Waals surface area contributed by atoms with Gasteiger partial charge < -0.3 is 10.2 Å². The maximum atomic E-state index is 13.4. The monoisotopic (exact) mass is 210 g/mol. The van der Waals surface area contributed by atoms with Crippen molar-refractivity contribution in [3.63, 3.8) is 0 Å². The number of hydrogen-bond acceptors (Lipinski definition) is 2. The van der Waals surface area contributed by atoms with Crippen LogP contribution in [0.25, 0.3) is 0 Å². The Balaban J connectivity index is 2.68. The minimum Gasteiger partial charge on any atom is -0.371 e.